The molecular weight excluding hydrogens is 248 g/mol. The second kappa shape index (κ2) is 7.10. The normalized spacial score (nSPS) is 21.1. The van der Waals surface area contributed by atoms with Crippen LogP contribution in [0.2, 0.25) is 0 Å². The molecule has 4 heteroatoms. The molecule has 100 valence electrons. The summed E-state index contributed by atoms with van der Waals surface area (Å²) in [6, 6.07) is 8.38. The smallest absolute Gasteiger partial charge is 0.0826 e. The molecule has 18 heavy (non-hydrogen) atoms. The minimum Gasteiger partial charge on any atom is -0.374 e. The van der Waals surface area contributed by atoms with Gasteiger partial charge in [-0.1, -0.05) is 24.3 Å². The van der Waals surface area contributed by atoms with Gasteiger partial charge in [-0.3, -0.25) is 0 Å². The molecule has 0 aromatic heterocycles. The highest BCUT2D eigenvalue weighted by Crippen LogP contribution is 2.08. The first-order chi connectivity index (χ1) is 8.78. The van der Waals surface area contributed by atoms with E-state index in [0.717, 1.165) is 32.8 Å². The number of halogens is 1. The summed E-state index contributed by atoms with van der Waals surface area (Å²) in [5.74, 6) is 0.574. The van der Waals surface area contributed by atoms with Crippen LogP contribution in [0.3, 0.4) is 0 Å². The number of morpholine rings is 1. The van der Waals surface area contributed by atoms with Crippen LogP contribution in [0.5, 0.6) is 0 Å². The number of nitrogens with zero attached hydrogens (tertiary/aromatic N) is 1. The van der Waals surface area contributed by atoms with Crippen LogP contribution in [0.1, 0.15) is 11.1 Å². The molecule has 1 unspecified atom stereocenters. The fourth-order valence-corrected chi connectivity index (χ4v) is 2.36. The first-order valence-electron chi connectivity index (χ1n) is 6.42. The number of alkyl halides is 1. The van der Waals surface area contributed by atoms with Crippen molar-refractivity contribution < 1.29 is 4.74 Å². The average Bonchev–Trinajstić information content (AvgIpc) is 2.39. The fraction of sp³-hybridized carbons (Fsp3) is 0.571. The summed E-state index contributed by atoms with van der Waals surface area (Å²) < 4.78 is 5.71. The zero-order valence-corrected chi connectivity index (χ0v) is 11.6. The van der Waals surface area contributed by atoms with E-state index in [2.05, 4.69) is 41.5 Å². The van der Waals surface area contributed by atoms with Crippen molar-refractivity contribution in [3.8, 4) is 0 Å². The zero-order valence-electron chi connectivity index (χ0n) is 10.9. The van der Waals surface area contributed by atoms with E-state index in [1.165, 1.54) is 11.1 Å². The Labute approximate surface area is 114 Å². The molecule has 0 amide bonds. The minimum absolute atomic E-state index is 0.306. The zero-order chi connectivity index (χ0) is 12.8. The van der Waals surface area contributed by atoms with Gasteiger partial charge in [0.05, 0.1) is 12.7 Å². The van der Waals surface area contributed by atoms with Crippen molar-refractivity contribution in [2.24, 2.45) is 0 Å². The quantitative estimate of drug-likeness (QED) is 0.825. The summed E-state index contributed by atoms with van der Waals surface area (Å²) >= 11 is 5.82. The van der Waals surface area contributed by atoms with E-state index in [1.807, 2.05) is 0 Å². The van der Waals surface area contributed by atoms with Gasteiger partial charge in [-0.25, -0.2) is 0 Å². The highest BCUT2D eigenvalue weighted by atomic mass is 35.5. The Balaban J connectivity index is 1.74. The van der Waals surface area contributed by atoms with Gasteiger partial charge in [-0.2, -0.15) is 0 Å². The average molecular weight is 269 g/mol. The summed E-state index contributed by atoms with van der Waals surface area (Å²) in [7, 11) is 2.14. The number of rotatable bonds is 5. The van der Waals surface area contributed by atoms with Crippen molar-refractivity contribution >= 4 is 11.6 Å². The van der Waals surface area contributed by atoms with E-state index in [1.54, 1.807) is 0 Å². The second-order valence-electron chi connectivity index (χ2n) is 4.84. The number of hydrogen-bond acceptors (Lipinski definition) is 3. The third kappa shape index (κ3) is 4.25. The number of ether oxygens (including phenoxy) is 1. The van der Waals surface area contributed by atoms with Crippen molar-refractivity contribution in [3.63, 3.8) is 0 Å². The molecule has 0 spiro atoms. The Kier molecular flexibility index (Phi) is 5.45. The molecule has 1 aromatic carbocycles. The van der Waals surface area contributed by atoms with Crippen LogP contribution in [0.15, 0.2) is 24.3 Å². The summed E-state index contributed by atoms with van der Waals surface area (Å²) in [6.45, 7) is 4.65. The fourth-order valence-electron chi connectivity index (χ4n) is 2.19. The van der Waals surface area contributed by atoms with Gasteiger partial charge >= 0.3 is 0 Å². The van der Waals surface area contributed by atoms with Crippen LogP contribution in [-0.2, 0) is 17.2 Å². The highest BCUT2D eigenvalue weighted by molar-refractivity contribution is 6.17. The first kappa shape index (κ1) is 13.8. The Hall–Kier alpha value is -0.610. The van der Waals surface area contributed by atoms with Crippen LogP contribution in [0.4, 0.5) is 0 Å². The van der Waals surface area contributed by atoms with Gasteiger partial charge in [0, 0.05) is 32.1 Å². The van der Waals surface area contributed by atoms with Gasteiger partial charge in [0.1, 0.15) is 0 Å². The lowest BCUT2D eigenvalue weighted by molar-refractivity contribution is -0.0182. The topological polar surface area (TPSA) is 24.5 Å². The number of hydrogen-bond donors (Lipinski definition) is 1. The molecule has 0 bridgehead atoms. The van der Waals surface area contributed by atoms with E-state index in [0.29, 0.717) is 12.0 Å². The molecule has 0 radical (unpaired) electrons. The Morgan fingerprint density at radius 3 is 3.06 bits per heavy atom. The van der Waals surface area contributed by atoms with Gasteiger partial charge in [0.25, 0.3) is 0 Å². The van der Waals surface area contributed by atoms with Gasteiger partial charge in [0.2, 0.25) is 0 Å². The number of nitrogens with one attached hydrogen (secondary N) is 1. The highest BCUT2D eigenvalue weighted by Gasteiger charge is 2.16. The largest absolute Gasteiger partial charge is 0.374 e. The number of likely N-dealkylation sites (N-methyl/N-ethyl adjacent to an activating group) is 1. The molecular formula is C14H21ClN2O. The maximum absolute atomic E-state index is 5.82. The molecule has 1 aliphatic heterocycles. The standard InChI is InChI=1S/C14H21ClN2O/c1-17-5-6-18-14(11-17)10-16-9-13-4-2-3-12(7-13)8-15/h2-4,7,14,16H,5-6,8-11H2,1H3. The minimum atomic E-state index is 0.306. The van der Waals surface area contributed by atoms with Crippen molar-refractivity contribution in [3.05, 3.63) is 35.4 Å². The van der Waals surface area contributed by atoms with Crippen molar-refractivity contribution in [2.45, 2.75) is 18.5 Å². The van der Waals surface area contributed by atoms with Crippen LogP contribution in [0, 0.1) is 0 Å². The molecule has 1 N–H and O–H groups in total. The molecule has 1 heterocycles. The van der Waals surface area contributed by atoms with Crippen LogP contribution >= 0.6 is 11.6 Å². The van der Waals surface area contributed by atoms with Gasteiger partial charge in [-0.05, 0) is 18.2 Å². The predicted molar refractivity (Wildman–Crippen MR) is 74.9 cm³/mol. The Morgan fingerprint density at radius 2 is 2.28 bits per heavy atom. The molecule has 2 rings (SSSR count). The van der Waals surface area contributed by atoms with Crippen molar-refractivity contribution in [1.82, 2.24) is 10.2 Å². The lowest BCUT2D eigenvalue weighted by Crippen LogP contribution is -2.44. The summed E-state index contributed by atoms with van der Waals surface area (Å²) in [5.41, 5.74) is 2.45. The summed E-state index contributed by atoms with van der Waals surface area (Å²) in [6.07, 6.45) is 0.306. The monoisotopic (exact) mass is 268 g/mol. The first-order valence-corrected chi connectivity index (χ1v) is 6.96. The van der Waals surface area contributed by atoms with Crippen molar-refractivity contribution in [2.75, 3.05) is 33.3 Å². The molecule has 0 aliphatic carbocycles. The second-order valence-corrected chi connectivity index (χ2v) is 5.11. The third-order valence-corrected chi connectivity index (χ3v) is 3.50. The van der Waals surface area contributed by atoms with E-state index in [-0.39, 0.29) is 0 Å². The SMILES string of the molecule is CN1CCOC(CNCc2cccc(CCl)c2)C1. The molecule has 1 fully saturated rings. The molecule has 1 saturated heterocycles. The Bertz CT molecular complexity index is 373. The van der Waals surface area contributed by atoms with Gasteiger partial charge in [0.15, 0.2) is 0 Å². The van der Waals surface area contributed by atoms with Crippen molar-refractivity contribution in [1.29, 1.82) is 0 Å². The molecule has 1 aromatic rings. The van der Waals surface area contributed by atoms with Crippen LogP contribution in [-0.4, -0.2) is 44.3 Å². The lowest BCUT2D eigenvalue weighted by atomic mass is 10.1. The van der Waals surface area contributed by atoms with Gasteiger partial charge in [-0.15, -0.1) is 11.6 Å². The van der Waals surface area contributed by atoms with Gasteiger partial charge < -0.3 is 15.0 Å². The summed E-state index contributed by atoms with van der Waals surface area (Å²) in [4.78, 5) is 2.31. The third-order valence-electron chi connectivity index (χ3n) is 3.19. The Morgan fingerprint density at radius 1 is 1.44 bits per heavy atom. The predicted octanol–water partition coefficient (Wildman–Crippen LogP) is 1.85. The molecule has 3 nitrogen and oxygen atoms in total. The molecule has 0 saturated carbocycles. The lowest BCUT2D eigenvalue weighted by Gasteiger charge is -2.30. The van der Waals surface area contributed by atoms with E-state index in [4.69, 9.17) is 16.3 Å². The maximum Gasteiger partial charge on any atom is 0.0826 e. The van der Waals surface area contributed by atoms with E-state index in [9.17, 15) is 0 Å². The number of benzene rings is 1. The van der Waals surface area contributed by atoms with Crippen LogP contribution < -0.4 is 5.32 Å². The van der Waals surface area contributed by atoms with E-state index < -0.39 is 0 Å². The summed E-state index contributed by atoms with van der Waals surface area (Å²) in [5, 5.41) is 3.45. The van der Waals surface area contributed by atoms with E-state index >= 15 is 0 Å². The molecule has 1 atom stereocenters. The van der Waals surface area contributed by atoms with Crippen LogP contribution in [0.25, 0.3) is 0 Å². The maximum atomic E-state index is 5.82. The molecule has 1 aliphatic rings.